The zero-order valence-corrected chi connectivity index (χ0v) is 13.3. The smallest absolute Gasteiger partial charge is 0.411 e. The molecule has 0 fully saturated rings. The summed E-state index contributed by atoms with van der Waals surface area (Å²) in [5.74, 6) is 0.561. The zero-order valence-electron chi connectivity index (χ0n) is 13.3. The van der Waals surface area contributed by atoms with Crippen LogP contribution in [0.1, 0.15) is 33.4 Å². The molecule has 21 heavy (non-hydrogen) atoms. The van der Waals surface area contributed by atoms with Gasteiger partial charge in [0.1, 0.15) is 16.9 Å². The Labute approximate surface area is 125 Å². The Morgan fingerprint density at radius 1 is 1.33 bits per heavy atom. The SMILES string of the molecule is COc1ccnc(C(C)(C=O)N(C)C(=O)OC(C)(C)C)c1. The first-order valence-corrected chi connectivity index (χ1v) is 6.57. The first-order chi connectivity index (χ1) is 9.64. The third kappa shape index (κ3) is 3.93. The molecular weight excluding hydrogens is 272 g/mol. The Kier molecular flexibility index (Phi) is 4.93. The van der Waals surface area contributed by atoms with Crippen LogP contribution < -0.4 is 4.74 Å². The number of carbonyl (C=O) groups is 2. The van der Waals surface area contributed by atoms with E-state index >= 15 is 0 Å². The van der Waals surface area contributed by atoms with Gasteiger partial charge in [0.25, 0.3) is 0 Å². The molecule has 6 nitrogen and oxygen atoms in total. The molecule has 0 aromatic carbocycles. The second kappa shape index (κ2) is 6.11. The lowest BCUT2D eigenvalue weighted by molar-refractivity contribution is -0.117. The molecule has 116 valence electrons. The maximum Gasteiger partial charge on any atom is 0.411 e. The van der Waals surface area contributed by atoms with Crippen molar-refractivity contribution in [1.82, 2.24) is 9.88 Å². The number of aromatic nitrogens is 1. The summed E-state index contributed by atoms with van der Waals surface area (Å²) in [6, 6.07) is 3.29. The zero-order chi connectivity index (χ0) is 16.3. The predicted octanol–water partition coefficient (Wildman–Crippen LogP) is 2.37. The van der Waals surface area contributed by atoms with Crippen molar-refractivity contribution < 1.29 is 19.1 Å². The van der Waals surface area contributed by atoms with E-state index in [1.165, 1.54) is 25.3 Å². The summed E-state index contributed by atoms with van der Waals surface area (Å²) in [5, 5.41) is 0. The van der Waals surface area contributed by atoms with Crippen LogP contribution in [-0.2, 0) is 15.1 Å². The summed E-state index contributed by atoms with van der Waals surface area (Å²) in [6.07, 6.45) is 1.60. The molecule has 0 spiro atoms. The Hall–Kier alpha value is -2.11. The molecule has 0 N–H and O–H groups in total. The second-order valence-electron chi connectivity index (χ2n) is 5.89. The largest absolute Gasteiger partial charge is 0.497 e. The minimum absolute atomic E-state index is 0.408. The third-order valence-electron chi connectivity index (χ3n) is 3.08. The van der Waals surface area contributed by atoms with E-state index in [0.29, 0.717) is 17.7 Å². The molecule has 0 bridgehead atoms. The van der Waals surface area contributed by atoms with Crippen molar-refractivity contribution in [3.05, 3.63) is 24.0 Å². The molecule has 6 heteroatoms. The van der Waals surface area contributed by atoms with E-state index in [4.69, 9.17) is 9.47 Å². The van der Waals surface area contributed by atoms with E-state index in [9.17, 15) is 9.59 Å². The number of rotatable bonds is 4. The lowest BCUT2D eigenvalue weighted by atomic mass is 9.97. The van der Waals surface area contributed by atoms with Crippen LogP contribution in [0.25, 0.3) is 0 Å². The third-order valence-corrected chi connectivity index (χ3v) is 3.08. The van der Waals surface area contributed by atoms with E-state index < -0.39 is 17.2 Å². The number of pyridine rings is 1. The maximum atomic E-state index is 12.2. The molecule has 1 aromatic rings. The van der Waals surface area contributed by atoms with E-state index in [2.05, 4.69) is 4.98 Å². The fourth-order valence-corrected chi connectivity index (χ4v) is 1.65. The average molecular weight is 294 g/mol. The van der Waals surface area contributed by atoms with Crippen molar-refractivity contribution >= 4 is 12.4 Å². The minimum atomic E-state index is -1.24. The molecule has 0 aliphatic rings. The molecule has 0 aliphatic heterocycles. The van der Waals surface area contributed by atoms with Crippen molar-refractivity contribution in [1.29, 1.82) is 0 Å². The number of likely N-dealkylation sites (N-methyl/N-ethyl adjacent to an activating group) is 1. The number of carbonyl (C=O) groups excluding carboxylic acids is 2. The lowest BCUT2D eigenvalue weighted by Gasteiger charge is -2.34. The fraction of sp³-hybridized carbons (Fsp3) is 0.533. The topological polar surface area (TPSA) is 68.7 Å². The Morgan fingerprint density at radius 2 is 1.95 bits per heavy atom. The molecule has 1 rings (SSSR count). The summed E-state index contributed by atoms with van der Waals surface area (Å²) in [6.45, 7) is 6.90. The van der Waals surface area contributed by atoms with Gasteiger partial charge in [-0.2, -0.15) is 0 Å². The summed E-state index contributed by atoms with van der Waals surface area (Å²) in [5.41, 5.74) is -1.47. The highest BCUT2D eigenvalue weighted by atomic mass is 16.6. The van der Waals surface area contributed by atoms with E-state index in [1.54, 1.807) is 39.8 Å². The molecule has 1 amide bonds. The summed E-state index contributed by atoms with van der Waals surface area (Å²) >= 11 is 0. The Bertz CT molecular complexity index is 525. The highest BCUT2D eigenvalue weighted by Crippen LogP contribution is 2.27. The highest BCUT2D eigenvalue weighted by molar-refractivity contribution is 5.77. The van der Waals surface area contributed by atoms with Crippen molar-refractivity contribution in [2.45, 2.75) is 38.8 Å². The van der Waals surface area contributed by atoms with Gasteiger partial charge in [-0.3, -0.25) is 9.88 Å². The van der Waals surface area contributed by atoms with E-state index in [-0.39, 0.29) is 0 Å². The van der Waals surface area contributed by atoms with E-state index in [0.717, 1.165) is 0 Å². The minimum Gasteiger partial charge on any atom is -0.497 e. The summed E-state index contributed by atoms with van der Waals surface area (Å²) in [4.78, 5) is 29.2. The van der Waals surface area contributed by atoms with Gasteiger partial charge in [-0.05, 0) is 33.8 Å². The lowest BCUT2D eigenvalue weighted by Crippen LogP contribution is -2.48. The highest BCUT2D eigenvalue weighted by Gasteiger charge is 2.38. The van der Waals surface area contributed by atoms with Crippen LogP contribution >= 0.6 is 0 Å². The first-order valence-electron chi connectivity index (χ1n) is 6.57. The van der Waals surface area contributed by atoms with Crippen LogP contribution in [0.15, 0.2) is 18.3 Å². The monoisotopic (exact) mass is 294 g/mol. The van der Waals surface area contributed by atoms with Gasteiger partial charge < -0.3 is 14.3 Å². The van der Waals surface area contributed by atoms with Crippen molar-refractivity contribution in [3.63, 3.8) is 0 Å². The fourth-order valence-electron chi connectivity index (χ4n) is 1.65. The van der Waals surface area contributed by atoms with Gasteiger partial charge in [-0.25, -0.2) is 4.79 Å². The van der Waals surface area contributed by atoms with Gasteiger partial charge in [0.2, 0.25) is 0 Å². The van der Waals surface area contributed by atoms with Crippen molar-refractivity contribution in [2.24, 2.45) is 0 Å². The van der Waals surface area contributed by atoms with Crippen LogP contribution in [0.5, 0.6) is 5.75 Å². The normalized spacial score (nSPS) is 14.0. The van der Waals surface area contributed by atoms with Gasteiger partial charge in [0.15, 0.2) is 6.29 Å². The quantitative estimate of drug-likeness (QED) is 0.797. The molecule has 0 aliphatic carbocycles. The standard InChI is InChI=1S/C15H22N2O4/c1-14(2,3)21-13(19)17(5)15(4,10-18)12-9-11(20-6)7-8-16-12/h7-10H,1-6H3. The van der Waals surface area contributed by atoms with Crippen LogP contribution in [0, 0.1) is 0 Å². The summed E-state index contributed by atoms with van der Waals surface area (Å²) in [7, 11) is 3.03. The maximum absolute atomic E-state index is 12.2. The summed E-state index contributed by atoms with van der Waals surface area (Å²) < 4.78 is 10.4. The predicted molar refractivity (Wildman–Crippen MR) is 78.2 cm³/mol. The van der Waals surface area contributed by atoms with Gasteiger partial charge in [-0.15, -0.1) is 0 Å². The number of hydrogen-bond donors (Lipinski definition) is 0. The van der Waals surface area contributed by atoms with Gasteiger partial charge in [0.05, 0.1) is 12.8 Å². The van der Waals surface area contributed by atoms with E-state index in [1.807, 2.05) is 0 Å². The van der Waals surface area contributed by atoms with Gasteiger partial charge >= 0.3 is 6.09 Å². The molecule has 1 unspecified atom stereocenters. The van der Waals surface area contributed by atoms with Crippen molar-refractivity contribution in [2.75, 3.05) is 14.2 Å². The second-order valence-corrected chi connectivity index (χ2v) is 5.89. The Balaban J connectivity index is 3.13. The molecule has 1 atom stereocenters. The van der Waals surface area contributed by atoms with Crippen molar-refractivity contribution in [3.8, 4) is 5.75 Å². The van der Waals surface area contributed by atoms with Crippen LogP contribution in [0.4, 0.5) is 4.79 Å². The number of hydrogen-bond acceptors (Lipinski definition) is 5. The van der Waals surface area contributed by atoms with Gasteiger partial charge in [-0.1, -0.05) is 0 Å². The first kappa shape index (κ1) is 16.9. The van der Waals surface area contributed by atoms with Gasteiger partial charge in [0, 0.05) is 19.3 Å². The Morgan fingerprint density at radius 3 is 2.43 bits per heavy atom. The molecular formula is C15H22N2O4. The van der Waals surface area contributed by atoms with Crippen LogP contribution in [0.3, 0.4) is 0 Å². The molecule has 0 radical (unpaired) electrons. The number of nitrogens with zero attached hydrogens (tertiary/aromatic N) is 2. The average Bonchev–Trinajstić information content (AvgIpc) is 2.43. The molecule has 0 saturated heterocycles. The number of methoxy groups -OCH3 is 1. The molecule has 0 saturated carbocycles. The van der Waals surface area contributed by atoms with Crippen LogP contribution in [-0.4, -0.2) is 42.0 Å². The number of ether oxygens (including phenoxy) is 2. The van der Waals surface area contributed by atoms with Crippen LogP contribution in [0.2, 0.25) is 0 Å². The molecule has 1 heterocycles. The number of aldehydes is 1. The molecule has 1 aromatic heterocycles. The number of amides is 1.